The minimum Gasteiger partial charge on any atom is -0.351 e. The van der Waals surface area contributed by atoms with E-state index in [-0.39, 0.29) is 36.3 Å². The Balaban J connectivity index is 0.00000288. The fourth-order valence-electron chi connectivity index (χ4n) is 1.73. The van der Waals surface area contributed by atoms with Crippen molar-refractivity contribution in [1.29, 1.82) is 0 Å². The molecule has 2 heterocycles. The summed E-state index contributed by atoms with van der Waals surface area (Å²) in [5, 5.41) is 10.0. The van der Waals surface area contributed by atoms with Crippen LogP contribution in [-0.2, 0) is 6.18 Å². The summed E-state index contributed by atoms with van der Waals surface area (Å²) in [4.78, 5) is 15.5. The molecule has 2 rings (SSSR count). The summed E-state index contributed by atoms with van der Waals surface area (Å²) in [6, 6.07) is 2.04. The van der Waals surface area contributed by atoms with Gasteiger partial charge in [0, 0.05) is 12.7 Å². The molecule has 2 aromatic rings. The number of hydrogen-bond donors (Lipinski definition) is 2. The van der Waals surface area contributed by atoms with Crippen LogP contribution >= 0.6 is 24.8 Å². The molecular formula is C13H17Cl2F3N6O. The Hall–Kier alpha value is -1.91. The molecule has 0 bridgehead atoms. The summed E-state index contributed by atoms with van der Waals surface area (Å²) >= 11 is 0. The van der Waals surface area contributed by atoms with Gasteiger partial charge in [0.25, 0.3) is 5.91 Å². The molecule has 25 heavy (non-hydrogen) atoms. The fraction of sp³-hybridized carbons (Fsp3) is 0.385. The number of pyridine rings is 1. The van der Waals surface area contributed by atoms with Gasteiger partial charge in [0.15, 0.2) is 11.5 Å². The molecule has 0 spiro atoms. The van der Waals surface area contributed by atoms with Crippen molar-refractivity contribution >= 4 is 30.7 Å². The topological polar surface area (TPSA) is 98.7 Å². The number of amides is 1. The maximum absolute atomic E-state index is 12.5. The van der Waals surface area contributed by atoms with Crippen LogP contribution in [0.2, 0.25) is 0 Å². The van der Waals surface area contributed by atoms with Crippen molar-refractivity contribution in [3.63, 3.8) is 0 Å². The smallest absolute Gasteiger partial charge is 0.351 e. The lowest BCUT2D eigenvalue weighted by Gasteiger charge is -2.06. The Morgan fingerprint density at radius 3 is 2.52 bits per heavy atom. The van der Waals surface area contributed by atoms with Crippen molar-refractivity contribution in [2.45, 2.75) is 19.0 Å². The molecule has 7 nitrogen and oxygen atoms in total. The van der Waals surface area contributed by atoms with Gasteiger partial charge in [-0.1, -0.05) is 5.21 Å². The number of nitrogens with two attached hydrogens (primary N) is 1. The third-order valence-corrected chi connectivity index (χ3v) is 2.95. The normalized spacial score (nSPS) is 10.6. The van der Waals surface area contributed by atoms with E-state index in [4.69, 9.17) is 5.73 Å². The van der Waals surface area contributed by atoms with Gasteiger partial charge in [0.1, 0.15) is 0 Å². The number of rotatable bonds is 6. The molecule has 0 radical (unpaired) electrons. The number of nitrogens with zero attached hydrogens (tertiary/aromatic N) is 4. The Labute approximate surface area is 154 Å². The summed E-state index contributed by atoms with van der Waals surface area (Å²) in [5.74, 6) is -0.284. The van der Waals surface area contributed by atoms with Crippen molar-refractivity contribution < 1.29 is 18.0 Å². The molecule has 140 valence electrons. The van der Waals surface area contributed by atoms with Crippen LogP contribution in [0.3, 0.4) is 0 Å². The van der Waals surface area contributed by atoms with Gasteiger partial charge in [-0.3, -0.25) is 4.79 Å². The van der Waals surface area contributed by atoms with E-state index in [0.717, 1.165) is 29.7 Å². The monoisotopic (exact) mass is 400 g/mol. The van der Waals surface area contributed by atoms with Gasteiger partial charge in [-0.15, -0.1) is 29.9 Å². The number of hydrogen-bond acceptors (Lipinski definition) is 5. The molecule has 0 fully saturated rings. The fourth-order valence-corrected chi connectivity index (χ4v) is 1.73. The van der Waals surface area contributed by atoms with E-state index in [9.17, 15) is 18.0 Å². The molecule has 1 amide bonds. The van der Waals surface area contributed by atoms with Gasteiger partial charge in [0.05, 0.1) is 11.8 Å². The standard InChI is InChI=1S/C13H15F3N6O.2ClH/c14-13(15,16)9-3-4-11(19-7-9)22-8-10(20-21-22)12(23)18-6-2-1-5-17;;/h3-4,7-8H,1-2,5-6,17H2,(H,18,23);2*1H. The summed E-state index contributed by atoms with van der Waals surface area (Å²) in [5.41, 5.74) is 4.54. The van der Waals surface area contributed by atoms with Crippen LogP contribution in [0.15, 0.2) is 24.5 Å². The maximum Gasteiger partial charge on any atom is 0.417 e. The molecule has 0 unspecified atom stereocenters. The molecule has 3 N–H and O–H groups in total. The zero-order chi connectivity index (χ0) is 16.9. The molecule has 0 saturated heterocycles. The van der Waals surface area contributed by atoms with Crippen molar-refractivity contribution in [2.24, 2.45) is 5.73 Å². The van der Waals surface area contributed by atoms with Crippen LogP contribution in [0.25, 0.3) is 5.82 Å². The van der Waals surface area contributed by atoms with Gasteiger partial charge < -0.3 is 11.1 Å². The first-order valence-electron chi connectivity index (χ1n) is 6.86. The molecule has 0 aromatic carbocycles. The summed E-state index contributed by atoms with van der Waals surface area (Å²) in [6.07, 6.45) is -0.917. The third-order valence-electron chi connectivity index (χ3n) is 2.95. The molecular weight excluding hydrogens is 384 g/mol. The van der Waals surface area contributed by atoms with Crippen LogP contribution in [0.1, 0.15) is 28.9 Å². The highest BCUT2D eigenvalue weighted by molar-refractivity contribution is 5.91. The second-order valence-electron chi connectivity index (χ2n) is 4.70. The largest absolute Gasteiger partial charge is 0.417 e. The van der Waals surface area contributed by atoms with E-state index < -0.39 is 17.6 Å². The average molecular weight is 401 g/mol. The predicted molar refractivity (Wildman–Crippen MR) is 89.3 cm³/mol. The molecule has 0 aliphatic rings. The van der Waals surface area contributed by atoms with E-state index in [2.05, 4.69) is 20.6 Å². The number of carbonyl (C=O) groups excluding carboxylic acids is 1. The van der Waals surface area contributed by atoms with Crippen LogP contribution in [-0.4, -0.2) is 39.0 Å². The quantitative estimate of drug-likeness (QED) is 0.722. The second-order valence-corrected chi connectivity index (χ2v) is 4.70. The lowest BCUT2D eigenvalue weighted by atomic mass is 10.3. The first kappa shape index (κ1) is 23.1. The Morgan fingerprint density at radius 1 is 1.24 bits per heavy atom. The van der Waals surface area contributed by atoms with E-state index >= 15 is 0 Å². The number of unbranched alkanes of at least 4 members (excludes halogenated alkanes) is 1. The van der Waals surface area contributed by atoms with E-state index in [1.807, 2.05) is 0 Å². The Bertz CT molecular complexity index is 663. The van der Waals surface area contributed by atoms with Crippen LogP contribution in [0.4, 0.5) is 13.2 Å². The predicted octanol–water partition coefficient (Wildman–Crippen LogP) is 1.99. The minimum absolute atomic E-state index is 0. The molecule has 12 heteroatoms. The molecule has 0 saturated carbocycles. The SMILES string of the molecule is Cl.Cl.NCCCCNC(=O)c1cn(-c2ccc(C(F)(F)F)cn2)nn1. The number of carbonyl (C=O) groups is 1. The zero-order valence-electron chi connectivity index (χ0n) is 12.9. The third kappa shape index (κ3) is 6.48. The van der Waals surface area contributed by atoms with Crippen LogP contribution in [0.5, 0.6) is 0 Å². The number of alkyl halides is 3. The highest BCUT2D eigenvalue weighted by Crippen LogP contribution is 2.28. The second kappa shape index (κ2) is 10.2. The summed E-state index contributed by atoms with van der Waals surface area (Å²) in [6.45, 7) is 1.01. The van der Waals surface area contributed by atoms with Gasteiger partial charge in [-0.25, -0.2) is 9.67 Å². The first-order valence-corrected chi connectivity index (χ1v) is 6.86. The molecule has 2 aromatic heterocycles. The van der Waals surface area contributed by atoms with Crippen LogP contribution in [0, 0.1) is 0 Å². The van der Waals surface area contributed by atoms with Gasteiger partial charge >= 0.3 is 6.18 Å². The number of halogens is 5. The van der Waals surface area contributed by atoms with Crippen molar-refractivity contribution in [2.75, 3.05) is 13.1 Å². The van der Waals surface area contributed by atoms with Gasteiger partial charge in [0.2, 0.25) is 0 Å². The van der Waals surface area contributed by atoms with E-state index in [1.165, 1.54) is 6.20 Å². The summed E-state index contributed by atoms with van der Waals surface area (Å²) < 4.78 is 38.5. The zero-order valence-corrected chi connectivity index (χ0v) is 14.5. The highest BCUT2D eigenvalue weighted by Gasteiger charge is 2.30. The molecule has 0 aliphatic carbocycles. The maximum atomic E-state index is 12.5. The van der Waals surface area contributed by atoms with Crippen LogP contribution < -0.4 is 11.1 Å². The Kier molecular flexibility index (Phi) is 9.39. The first-order chi connectivity index (χ1) is 10.9. The highest BCUT2D eigenvalue weighted by atomic mass is 35.5. The molecule has 0 atom stereocenters. The summed E-state index contributed by atoms with van der Waals surface area (Å²) in [7, 11) is 0. The van der Waals surface area contributed by atoms with Gasteiger partial charge in [-0.05, 0) is 31.5 Å². The van der Waals surface area contributed by atoms with E-state index in [0.29, 0.717) is 19.3 Å². The van der Waals surface area contributed by atoms with Crippen molar-refractivity contribution in [1.82, 2.24) is 25.3 Å². The minimum atomic E-state index is -4.46. The average Bonchev–Trinajstić information content (AvgIpc) is 3.01. The lowest BCUT2D eigenvalue weighted by molar-refractivity contribution is -0.137. The number of aromatic nitrogens is 4. The Morgan fingerprint density at radius 2 is 1.96 bits per heavy atom. The number of nitrogens with one attached hydrogen (secondary N) is 1. The van der Waals surface area contributed by atoms with E-state index in [1.54, 1.807) is 0 Å². The molecule has 0 aliphatic heterocycles. The van der Waals surface area contributed by atoms with Crippen molar-refractivity contribution in [3.8, 4) is 5.82 Å². The lowest BCUT2D eigenvalue weighted by Crippen LogP contribution is -2.25. The van der Waals surface area contributed by atoms with Gasteiger partial charge in [-0.2, -0.15) is 13.2 Å². The van der Waals surface area contributed by atoms with Crippen molar-refractivity contribution in [3.05, 3.63) is 35.8 Å².